The summed E-state index contributed by atoms with van der Waals surface area (Å²) in [4.78, 5) is 12.9. The van der Waals surface area contributed by atoms with Crippen LogP contribution < -0.4 is 4.90 Å². The maximum atomic E-state index is 11.2. The van der Waals surface area contributed by atoms with Crippen molar-refractivity contribution in [3.8, 4) is 0 Å². The summed E-state index contributed by atoms with van der Waals surface area (Å²) in [6.45, 7) is 4.25. The molecule has 1 aliphatic rings. The molecule has 6 heteroatoms. The van der Waals surface area contributed by atoms with Crippen molar-refractivity contribution in [2.24, 2.45) is 0 Å². The lowest BCUT2D eigenvalue weighted by Crippen LogP contribution is -2.40. The summed E-state index contributed by atoms with van der Waals surface area (Å²) >= 11 is 2.10. The molecule has 0 N–H and O–H groups in total. The summed E-state index contributed by atoms with van der Waals surface area (Å²) in [7, 11) is 0. The molecule has 19 heavy (non-hydrogen) atoms. The largest absolute Gasteiger partial charge is 0.377 e. The Balaban J connectivity index is 2.23. The van der Waals surface area contributed by atoms with E-state index in [2.05, 4.69) is 27.5 Å². The monoisotopic (exact) mass is 376 g/mol. The van der Waals surface area contributed by atoms with Crippen molar-refractivity contribution in [3.63, 3.8) is 0 Å². The zero-order valence-electron chi connectivity index (χ0n) is 10.8. The zero-order chi connectivity index (χ0) is 13.8. The van der Waals surface area contributed by atoms with Crippen molar-refractivity contribution >= 4 is 34.0 Å². The van der Waals surface area contributed by atoms with Gasteiger partial charge in [0.2, 0.25) is 0 Å². The lowest BCUT2D eigenvalue weighted by molar-refractivity contribution is -0.384. The molecule has 1 unspecified atom stereocenters. The average molecular weight is 376 g/mol. The van der Waals surface area contributed by atoms with Gasteiger partial charge in [-0.15, -0.1) is 0 Å². The van der Waals surface area contributed by atoms with Crippen LogP contribution in [0.25, 0.3) is 0 Å². The van der Waals surface area contributed by atoms with Gasteiger partial charge >= 0.3 is 0 Å². The van der Waals surface area contributed by atoms with E-state index in [9.17, 15) is 10.1 Å². The lowest BCUT2D eigenvalue weighted by Gasteiger charge is -2.33. The molecule has 1 saturated heterocycles. The predicted octanol–water partition coefficient (Wildman–Crippen LogP) is 3.20. The first-order valence-corrected chi connectivity index (χ1v) is 7.50. The molecule has 0 spiro atoms. The third kappa shape index (κ3) is 3.56. The van der Waals surface area contributed by atoms with E-state index in [1.54, 1.807) is 6.07 Å². The number of nitro groups is 1. The molecule has 1 heterocycles. The van der Waals surface area contributed by atoms with Crippen LogP contribution in [0.4, 0.5) is 11.4 Å². The van der Waals surface area contributed by atoms with Gasteiger partial charge in [-0.05, 0) is 54.5 Å². The standard InChI is InChI=1S/C13H17IN2O3/c1-2-19-11-4-3-7-15(9-11)12-6-5-10(14)8-13(12)16(17)18/h5-6,8,11H,2-4,7,9H2,1H3. The number of piperidine rings is 1. The van der Waals surface area contributed by atoms with E-state index >= 15 is 0 Å². The molecule has 0 bridgehead atoms. The molecule has 0 amide bonds. The number of nitro benzene ring substituents is 1. The second-order valence-electron chi connectivity index (χ2n) is 4.56. The lowest BCUT2D eigenvalue weighted by atomic mass is 10.1. The highest BCUT2D eigenvalue weighted by atomic mass is 127. The molecule has 1 fully saturated rings. The van der Waals surface area contributed by atoms with Gasteiger partial charge in [0.25, 0.3) is 5.69 Å². The first-order valence-electron chi connectivity index (χ1n) is 6.42. The molecule has 1 aromatic carbocycles. The first-order chi connectivity index (χ1) is 9.11. The molecule has 5 nitrogen and oxygen atoms in total. The van der Waals surface area contributed by atoms with Crippen molar-refractivity contribution in [2.45, 2.75) is 25.9 Å². The van der Waals surface area contributed by atoms with Gasteiger partial charge in [-0.1, -0.05) is 0 Å². The number of hydrogen-bond acceptors (Lipinski definition) is 4. The summed E-state index contributed by atoms with van der Waals surface area (Å²) < 4.78 is 6.53. The van der Waals surface area contributed by atoms with Crippen molar-refractivity contribution in [1.82, 2.24) is 0 Å². The van der Waals surface area contributed by atoms with Gasteiger partial charge < -0.3 is 9.64 Å². The van der Waals surface area contributed by atoms with E-state index in [0.29, 0.717) is 12.3 Å². The molecule has 0 radical (unpaired) electrons. The van der Waals surface area contributed by atoms with Crippen LogP contribution in [0, 0.1) is 13.7 Å². The molecule has 104 valence electrons. The third-order valence-corrected chi connectivity index (χ3v) is 3.93. The third-order valence-electron chi connectivity index (χ3n) is 3.26. The summed E-state index contributed by atoms with van der Waals surface area (Å²) in [6, 6.07) is 5.38. The Hall–Kier alpha value is -0.890. The fourth-order valence-electron chi connectivity index (χ4n) is 2.44. The second-order valence-corrected chi connectivity index (χ2v) is 5.80. The summed E-state index contributed by atoms with van der Waals surface area (Å²) in [5.41, 5.74) is 0.888. The highest BCUT2D eigenvalue weighted by Gasteiger charge is 2.25. The van der Waals surface area contributed by atoms with Gasteiger partial charge in [0.05, 0.1) is 11.0 Å². The minimum Gasteiger partial charge on any atom is -0.377 e. The summed E-state index contributed by atoms with van der Waals surface area (Å²) in [6.07, 6.45) is 2.22. The first kappa shape index (κ1) is 14.5. The second kappa shape index (κ2) is 6.51. The van der Waals surface area contributed by atoms with Crippen LogP contribution in [0.5, 0.6) is 0 Å². The van der Waals surface area contributed by atoms with Crippen molar-refractivity contribution < 1.29 is 9.66 Å². The topological polar surface area (TPSA) is 55.6 Å². The van der Waals surface area contributed by atoms with E-state index in [1.807, 2.05) is 19.1 Å². The van der Waals surface area contributed by atoms with Crippen LogP contribution in [-0.2, 0) is 4.74 Å². The fraction of sp³-hybridized carbons (Fsp3) is 0.538. The van der Waals surface area contributed by atoms with Crippen LogP contribution in [0.3, 0.4) is 0 Å². The van der Waals surface area contributed by atoms with Crippen molar-refractivity contribution in [1.29, 1.82) is 0 Å². The molecular weight excluding hydrogens is 359 g/mol. The molecule has 0 saturated carbocycles. The van der Waals surface area contributed by atoms with Gasteiger partial charge in [-0.25, -0.2) is 0 Å². The Morgan fingerprint density at radius 2 is 2.37 bits per heavy atom. The van der Waals surface area contributed by atoms with E-state index in [1.165, 1.54) is 0 Å². The van der Waals surface area contributed by atoms with Gasteiger partial charge in [-0.3, -0.25) is 10.1 Å². The quantitative estimate of drug-likeness (QED) is 0.460. The van der Waals surface area contributed by atoms with Gasteiger partial charge in [0, 0.05) is 29.3 Å². The summed E-state index contributed by atoms with van der Waals surface area (Å²) in [5, 5.41) is 11.2. The normalized spacial score (nSPS) is 19.5. The molecule has 0 aliphatic carbocycles. The maximum absolute atomic E-state index is 11.2. The van der Waals surface area contributed by atoms with E-state index in [4.69, 9.17) is 4.74 Å². The van der Waals surface area contributed by atoms with E-state index < -0.39 is 0 Å². The minimum absolute atomic E-state index is 0.178. The fourth-order valence-corrected chi connectivity index (χ4v) is 2.91. The predicted molar refractivity (Wildman–Crippen MR) is 82.7 cm³/mol. The van der Waals surface area contributed by atoms with Gasteiger partial charge in [-0.2, -0.15) is 0 Å². The highest BCUT2D eigenvalue weighted by molar-refractivity contribution is 14.1. The van der Waals surface area contributed by atoms with Crippen LogP contribution >= 0.6 is 22.6 Å². The Kier molecular flexibility index (Phi) is 4.98. The van der Waals surface area contributed by atoms with E-state index in [-0.39, 0.29) is 16.7 Å². The SMILES string of the molecule is CCOC1CCCN(c2ccc(I)cc2[N+](=O)[O-])C1. The Morgan fingerprint density at radius 3 is 3.05 bits per heavy atom. The number of nitrogens with zero attached hydrogens (tertiary/aromatic N) is 2. The van der Waals surface area contributed by atoms with E-state index in [0.717, 1.165) is 29.5 Å². The molecule has 1 atom stereocenters. The Bertz CT molecular complexity index is 465. The average Bonchev–Trinajstić information content (AvgIpc) is 2.39. The molecule has 1 aliphatic heterocycles. The van der Waals surface area contributed by atoms with Crippen LogP contribution in [0.2, 0.25) is 0 Å². The molecule has 2 rings (SSSR count). The minimum atomic E-state index is -0.304. The van der Waals surface area contributed by atoms with Gasteiger partial charge in [0.15, 0.2) is 0 Å². The van der Waals surface area contributed by atoms with Crippen LogP contribution in [0.1, 0.15) is 19.8 Å². The maximum Gasteiger partial charge on any atom is 0.293 e. The smallest absolute Gasteiger partial charge is 0.293 e. The Labute approximate surface area is 126 Å². The number of halogens is 1. The summed E-state index contributed by atoms with van der Waals surface area (Å²) in [5.74, 6) is 0. The number of hydrogen-bond donors (Lipinski definition) is 0. The number of ether oxygens (including phenoxy) is 1. The molecule has 1 aromatic rings. The van der Waals surface area contributed by atoms with Crippen LogP contribution in [-0.4, -0.2) is 30.7 Å². The highest BCUT2D eigenvalue weighted by Crippen LogP contribution is 2.32. The zero-order valence-corrected chi connectivity index (χ0v) is 13.0. The molecule has 0 aromatic heterocycles. The van der Waals surface area contributed by atoms with Gasteiger partial charge in [0.1, 0.15) is 5.69 Å². The number of rotatable bonds is 4. The van der Waals surface area contributed by atoms with Crippen molar-refractivity contribution in [3.05, 3.63) is 31.9 Å². The van der Waals surface area contributed by atoms with Crippen LogP contribution in [0.15, 0.2) is 18.2 Å². The number of benzene rings is 1. The van der Waals surface area contributed by atoms with Crippen molar-refractivity contribution in [2.75, 3.05) is 24.6 Å². The number of anilines is 1. The Morgan fingerprint density at radius 1 is 1.58 bits per heavy atom. The molecular formula is C13H17IN2O3.